The van der Waals surface area contributed by atoms with Gasteiger partial charge in [0, 0.05) is 13.1 Å². The first kappa shape index (κ1) is 23.4. The molecule has 1 atom stereocenters. The molecule has 2 heterocycles. The first-order chi connectivity index (χ1) is 14.7. The number of rotatable bonds is 6. The average Bonchev–Trinajstić information content (AvgIpc) is 2.72. The quantitative estimate of drug-likeness (QED) is 0.644. The first-order valence-electron chi connectivity index (χ1n) is 10.1. The van der Waals surface area contributed by atoms with E-state index >= 15 is 0 Å². The van der Waals surface area contributed by atoms with E-state index in [0.717, 1.165) is 35.8 Å². The van der Waals surface area contributed by atoms with Gasteiger partial charge in [-0.25, -0.2) is 4.98 Å². The highest BCUT2D eigenvalue weighted by atomic mass is 32.2. The highest BCUT2D eigenvalue weighted by Gasteiger charge is 2.30. The Hall–Kier alpha value is -2.26. The van der Waals surface area contributed by atoms with Crippen molar-refractivity contribution < 1.29 is 22.7 Å². The smallest absolute Gasteiger partial charge is 0.377 e. The van der Waals surface area contributed by atoms with Crippen LogP contribution in [-0.4, -0.2) is 42.4 Å². The zero-order chi connectivity index (χ0) is 22.6. The molecule has 1 aromatic heterocycles. The van der Waals surface area contributed by atoms with Crippen LogP contribution in [0.3, 0.4) is 0 Å². The molecule has 5 nitrogen and oxygen atoms in total. The van der Waals surface area contributed by atoms with Crippen LogP contribution < -0.4 is 10.2 Å². The van der Waals surface area contributed by atoms with E-state index in [-0.39, 0.29) is 18.5 Å². The van der Waals surface area contributed by atoms with Crippen molar-refractivity contribution in [3.63, 3.8) is 0 Å². The fourth-order valence-electron chi connectivity index (χ4n) is 3.44. The molecule has 3 rings (SSSR count). The highest BCUT2D eigenvalue weighted by Crippen LogP contribution is 2.30. The van der Waals surface area contributed by atoms with Crippen molar-refractivity contribution in [3.8, 4) is 0 Å². The van der Waals surface area contributed by atoms with Gasteiger partial charge in [-0.15, -0.1) is 11.8 Å². The van der Waals surface area contributed by atoms with Crippen molar-refractivity contribution >= 4 is 23.5 Å². The maximum atomic E-state index is 12.9. The van der Waals surface area contributed by atoms with E-state index in [4.69, 9.17) is 9.72 Å². The Kier molecular flexibility index (Phi) is 7.48. The number of benzene rings is 1. The monoisotopic (exact) mass is 453 g/mol. The number of thioether (sulfide) groups is 1. The Morgan fingerprint density at radius 2 is 2.03 bits per heavy atom. The maximum Gasteiger partial charge on any atom is 0.416 e. The molecule has 1 amide bonds. The summed E-state index contributed by atoms with van der Waals surface area (Å²) < 4.78 is 43.7. The molecule has 0 spiro atoms. The zero-order valence-electron chi connectivity index (χ0n) is 17.8. The van der Waals surface area contributed by atoms with Gasteiger partial charge in [-0.05, 0) is 48.9 Å². The van der Waals surface area contributed by atoms with Crippen LogP contribution in [0.5, 0.6) is 0 Å². The van der Waals surface area contributed by atoms with Gasteiger partial charge in [-0.2, -0.15) is 13.2 Å². The average molecular weight is 454 g/mol. The Morgan fingerprint density at radius 1 is 1.32 bits per heavy atom. The Morgan fingerprint density at radius 3 is 2.65 bits per heavy atom. The molecule has 0 radical (unpaired) electrons. The number of pyridine rings is 1. The topological polar surface area (TPSA) is 54.5 Å². The van der Waals surface area contributed by atoms with Crippen LogP contribution in [0.2, 0.25) is 0 Å². The SMILES string of the molecule is CCSc1nc(N2CCOC[C@H]2C)cc(C)c1C(=O)NCc1ccc(C(F)(F)F)cc1. The summed E-state index contributed by atoms with van der Waals surface area (Å²) in [6.07, 6.45) is -4.38. The van der Waals surface area contributed by atoms with Gasteiger partial charge in [0.2, 0.25) is 0 Å². The summed E-state index contributed by atoms with van der Waals surface area (Å²) in [6.45, 7) is 8.09. The van der Waals surface area contributed by atoms with Gasteiger partial charge in [0.15, 0.2) is 0 Å². The van der Waals surface area contributed by atoms with Gasteiger partial charge >= 0.3 is 6.18 Å². The number of hydrogen-bond acceptors (Lipinski definition) is 5. The standard InChI is InChI=1S/C22H26F3N3O2S/c1-4-31-21-19(14(2)11-18(27-21)28-9-10-30-13-15(28)3)20(29)26-12-16-5-7-17(8-6-16)22(23,24)25/h5-8,11,15H,4,9-10,12-13H2,1-3H3,(H,26,29)/t15-/m1/s1. The molecule has 31 heavy (non-hydrogen) atoms. The summed E-state index contributed by atoms with van der Waals surface area (Å²) in [5.74, 6) is 1.29. The molecule has 168 valence electrons. The number of alkyl halides is 3. The van der Waals surface area contributed by atoms with Crippen molar-refractivity contribution in [1.29, 1.82) is 0 Å². The number of morpholine rings is 1. The summed E-state index contributed by atoms with van der Waals surface area (Å²) in [5.41, 5.74) is 1.19. The van der Waals surface area contributed by atoms with Crippen LogP contribution in [-0.2, 0) is 17.5 Å². The van der Waals surface area contributed by atoms with Gasteiger partial charge in [0.05, 0.1) is 30.4 Å². The van der Waals surface area contributed by atoms with Crippen LogP contribution >= 0.6 is 11.8 Å². The lowest BCUT2D eigenvalue weighted by molar-refractivity contribution is -0.137. The van der Waals surface area contributed by atoms with Crippen LogP contribution in [0.1, 0.15) is 40.9 Å². The second-order valence-electron chi connectivity index (χ2n) is 7.41. The second kappa shape index (κ2) is 9.91. The number of amides is 1. The van der Waals surface area contributed by atoms with Gasteiger partial charge in [0.1, 0.15) is 10.8 Å². The number of hydrogen-bond donors (Lipinski definition) is 1. The molecule has 9 heteroatoms. The minimum Gasteiger partial charge on any atom is -0.377 e. The molecule has 1 N–H and O–H groups in total. The number of ether oxygens (including phenoxy) is 1. The first-order valence-corrected chi connectivity index (χ1v) is 11.1. The van der Waals surface area contributed by atoms with E-state index in [1.54, 1.807) is 0 Å². The number of carbonyl (C=O) groups excluding carboxylic acids is 1. The largest absolute Gasteiger partial charge is 0.416 e. The van der Waals surface area contributed by atoms with Crippen molar-refractivity contribution in [1.82, 2.24) is 10.3 Å². The summed E-state index contributed by atoms with van der Waals surface area (Å²) in [5, 5.41) is 3.47. The van der Waals surface area contributed by atoms with Crippen molar-refractivity contribution in [3.05, 3.63) is 52.6 Å². The third-order valence-corrected chi connectivity index (χ3v) is 5.93. The van der Waals surface area contributed by atoms with E-state index in [1.807, 2.05) is 19.9 Å². The predicted octanol–water partition coefficient (Wildman–Crippen LogP) is 4.68. The van der Waals surface area contributed by atoms with Crippen molar-refractivity contribution in [2.24, 2.45) is 0 Å². The second-order valence-corrected chi connectivity index (χ2v) is 8.66. The molecule has 0 unspecified atom stereocenters. The number of nitrogens with one attached hydrogen (secondary N) is 1. The molecular formula is C22H26F3N3O2S. The summed E-state index contributed by atoms with van der Waals surface area (Å²) in [4.78, 5) is 19.9. The lowest BCUT2D eigenvalue weighted by Gasteiger charge is -2.34. The van der Waals surface area contributed by atoms with Crippen molar-refractivity contribution in [2.45, 2.75) is 44.6 Å². The lowest BCUT2D eigenvalue weighted by Crippen LogP contribution is -2.44. The summed E-state index contributed by atoms with van der Waals surface area (Å²) >= 11 is 1.50. The third kappa shape index (κ3) is 5.71. The van der Waals surface area contributed by atoms with Gasteiger partial charge in [-0.3, -0.25) is 4.79 Å². The maximum absolute atomic E-state index is 12.9. The van der Waals surface area contributed by atoms with Crippen molar-refractivity contribution in [2.75, 3.05) is 30.4 Å². The van der Waals surface area contributed by atoms with Crippen LogP contribution in [0.4, 0.5) is 19.0 Å². The molecular weight excluding hydrogens is 427 g/mol. The zero-order valence-corrected chi connectivity index (χ0v) is 18.6. The fourth-order valence-corrected chi connectivity index (χ4v) is 4.27. The molecule has 1 aliphatic rings. The summed E-state index contributed by atoms with van der Waals surface area (Å²) in [6, 6.07) is 6.89. The third-order valence-electron chi connectivity index (χ3n) is 5.07. The number of halogens is 3. The summed E-state index contributed by atoms with van der Waals surface area (Å²) in [7, 11) is 0. The normalized spacial score (nSPS) is 17.0. The Balaban J connectivity index is 1.78. The molecule has 1 aromatic carbocycles. The molecule has 1 fully saturated rings. The molecule has 0 saturated carbocycles. The van der Waals surface area contributed by atoms with E-state index in [9.17, 15) is 18.0 Å². The van der Waals surface area contributed by atoms with Crippen LogP contribution in [0, 0.1) is 6.92 Å². The van der Waals surface area contributed by atoms with E-state index in [0.29, 0.717) is 29.4 Å². The minimum absolute atomic E-state index is 0.134. The molecule has 0 aliphatic carbocycles. The minimum atomic E-state index is -4.38. The molecule has 2 aromatic rings. The fraction of sp³-hybridized carbons (Fsp3) is 0.455. The Labute approximate surface area is 184 Å². The number of aryl methyl sites for hydroxylation is 1. The number of nitrogens with zero attached hydrogens (tertiary/aromatic N) is 2. The van der Waals surface area contributed by atoms with E-state index < -0.39 is 11.7 Å². The number of carbonyl (C=O) groups is 1. The van der Waals surface area contributed by atoms with E-state index in [1.165, 1.54) is 23.9 Å². The van der Waals surface area contributed by atoms with Crippen LogP contribution in [0.25, 0.3) is 0 Å². The predicted molar refractivity (Wildman–Crippen MR) is 116 cm³/mol. The molecule has 1 saturated heterocycles. The molecule has 0 bridgehead atoms. The van der Waals surface area contributed by atoms with E-state index in [2.05, 4.69) is 17.1 Å². The number of anilines is 1. The van der Waals surface area contributed by atoms with Crippen LogP contribution in [0.15, 0.2) is 35.4 Å². The van der Waals surface area contributed by atoms with Gasteiger partial charge in [0.25, 0.3) is 5.91 Å². The lowest BCUT2D eigenvalue weighted by atomic mass is 10.1. The molecule has 1 aliphatic heterocycles. The van der Waals surface area contributed by atoms with Gasteiger partial charge in [-0.1, -0.05) is 19.1 Å². The Bertz CT molecular complexity index is 919. The van der Waals surface area contributed by atoms with Gasteiger partial charge < -0.3 is 15.0 Å². The number of aromatic nitrogens is 1. The highest BCUT2D eigenvalue weighted by molar-refractivity contribution is 7.99.